The van der Waals surface area contributed by atoms with Crippen LogP contribution in [0.1, 0.15) is 24.8 Å². The molecule has 0 N–H and O–H groups in total. The zero-order chi connectivity index (χ0) is 17.5. The van der Waals surface area contributed by atoms with Crippen molar-refractivity contribution in [2.24, 2.45) is 0 Å². The Morgan fingerprint density at radius 2 is 1.88 bits per heavy atom. The fourth-order valence-electron chi connectivity index (χ4n) is 3.66. The lowest BCUT2D eigenvalue weighted by molar-refractivity contribution is -0.0143. The Balaban J connectivity index is 1.55. The third kappa shape index (κ3) is 4.75. The number of piperazine rings is 1. The molecule has 1 atom stereocenters. The summed E-state index contributed by atoms with van der Waals surface area (Å²) in [4.78, 5) is 19.3. The molecule has 25 heavy (non-hydrogen) atoms. The van der Waals surface area contributed by atoms with Crippen molar-refractivity contribution >= 4 is 6.09 Å². The number of piperidine rings is 1. The molecule has 0 aromatic heterocycles. The van der Waals surface area contributed by atoms with E-state index in [9.17, 15) is 4.79 Å². The largest absolute Gasteiger partial charge is 0.445 e. The second-order valence-corrected chi connectivity index (χ2v) is 6.73. The molecule has 0 spiro atoms. The van der Waals surface area contributed by atoms with E-state index < -0.39 is 0 Å². The molecule has 5 heteroatoms. The quantitative estimate of drug-likeness (QED) is 0.788. The van der Waals surface area contributed by atoms with E-state index in [2.05, 4.69) is 15.7 Å². The zero-order valence-electron chi connectivity index (χ0n) is 14.8. The molecule has 0 radical (unpaired) electrons. The van der Waals surface area contributed by atoms with Crippen molar-refractivity contribution in [2.45, 2.75) is 32.0 Å². The predicted octanol–water partition coefficient (Wildman–Crippen LogP) is 2.39. The maximum atomic E-state index is 12.6. The first-order valence-corrected chi connectivity index (χ1v) is 9.15. The highest BCUT2D eigenvalue weighted by Crippen LogP contribution is 2.22. The molecule has 1 aromatic rings. The number of ether oxygens (including phenoxy) is 1. The lowest BCUT2D eigenvalue weighted by atomic mass is 10.1. The van der Waals surface area contributed by atoms with Gasteiger partial charge in [0.15, 0.2) is 0 Å². The summed E-state index contributed by atoms with van der Waals surface area (Å²) in [7, 11) is 0. The lowest BCUT2D eigenvalue weighted by Crippen LogP contribution is -2.58. The second-order valence-electron chi connectivity index (χ2n) is 6.73. The summed E-state index contributed by atoms with van der Waals surface area (Å²) in [5.74, 6) is 2.71. The third-order valence-electron chi connectivity index (χ3n) is 5.05. The molecule has 2 aliphatic heterocycles. The molecule has 5 nitrogen and oxygen atoms in total. The van der Waals surface area contributed by atoms with Gasteiger partial charge in [-0.3, -0.25) is 14.7 Å². The van der Waals surface area contributed by atoms with Crippen LogP contribution in [0, 0.1) is 12.3 Å². The van der Waals surface area contributed by atoms with E-state index in [1.807, 2.05) is 35.2 Å². The minimum Gasteiger partial charge on any atom is -0.445 e. The first-order valence-electron chi connectivity index (χ1n) is 9.15. The van der Waals surface area contributed by atoms with E-state index in [4.69, 9.17) is 11.2 Å². The highest BCUT2D eigenvalue weighted by atomic mass is 16.6. The van der Waals surface area contributed by atoms with E-state index in [0.29, 0.717) is 13.2 Å². The fourth-order valence-corrected chi connectivity index (χ4v) is 3.66. The average Bonchev–Trinajstić information content (AvgIpc) is 2.68. The Morgan fingerprint density at radius 3 is 2.60 bits per heavy atom. The molecule has 1 unspecified atom stereocenters. The van der Waals surface area contributed by atoms with Crippen LogP contribution < -0.4 is 0 Å². The summed E-state index contributed by atoms with van der Waals surface area (Å²) in [6.07, 6.45) is 8.61. The average molecular weight is 341 g/mol. The number of terminal acetylenes is 1. The van der Waals surface area contributed by atoms with Crippen molar-refractivity contribution in [3.8, 4) is 12.3 Å². The fraction of sp³-hybridized carbons (Fsp3) is 0.550. The molecule has 2 fully saturated rings. The van der Waals surface area contributed by atoms with Crippen molar-refractivity contribution in [1.82, 2.24) is 14.7 Å². The van der Waals surface area contributed by atoms with E-state index in [1.165, 1.54) is 0 Å². The number of nitrogens with zero attached hydrogens (tertiary/aromatic N) is 3. The normalized spacial score (nSPS) is 22.4. The molecule has 0 saturated carbocycles. The van der Waals surface area contributed by atoms with Crippen LogP contribution >= 0.6 is 0 Å². The molecule has 0 aliphatic carbocycles. The van der Waals surface area contributed by atoms with Gasteiger partial charge in [-0.2, -0.15) is 0 Å². The standard InChI is InChI=1S/C20H27N3O2/c1-2-11-21-13-15-22(16-14-21)19-10-6-7-12-23(19)20(24)25-17-18-8-4-3-5-9-18/h1,3-5,8-9,19H,6-7,10-17H2. The molecule has 2 saturated heterocycles. The van der Waals surface area contributed by atoms with Gasteiger partial charge >= 0.3 is 6.09 Å². The number of benzene rings is 1. The Bertz CT molecular complexity index is 591. The number of hydrogen-bond donors (Lipinski definition) is 0. The van der Waals surface area contributed by atoms with Crippen LogP contribution in [0.5, 0.6) is 0 Å². The first kappa shape index (κ1) is 17.8. The Labute approximate surface area is 150 Å². The van der Waals surface area contributed by atoms with Crippen molar-refractivity contribution in [2.75, 3.05) is 39.3 Å². The van der Waals surface area contributed by atoms with E-state index in [0.717, 1.165) is 57.5 Å². The van der Waals surface area contributed by atoms with Crippen molar-refractivity contribution in [1.29, 1.82) is 0 Å². The summed E-state index contributed by atoms with van der Waals surface area (Å²) < 4.78 is 5.57. The van der Waals surface area contributed by atoms with Gasteiger partial charge in [0.05, 0.1) is 12.7 Å². The smallest absolute Gasteiger partial charge is 0.411 e. The monoisotopic (exact) mass is 341 g/mol. The zero-order valence-corrected chi connectivity index (χ0v) is 14.8. The van der Waals surface area contributed by atoms with Gasteiger partial charge < -0.3 is 4.74 Å². The molecular weight excluding hydrogens is 314 g/mol. The SMILES string of the molecule is C#CCN1CCN(C2CCCCN2C(=O)OCc2ccccc2)CC1. The van der Waals surface area contributed by atoms with Gasteiger partial charge in [-0.05, 0) is 24.8 Å². The number of carbonyl (C=O) groups excluding carboxylic acids is 1. The van der Waals surface area contributed by atoms with Gasteiger partial charge in [0, 0.05) is 32.7 Å². The maximum absolute atomic E-state index is 12.6. The topological polar surface area (TPSA) is 36.0 Å². The van der Waals surface area contributed by atoms with Gasteiger partial charge in [0.1, 0.15) is 6.61 Å². The molecule has 134 valence electrons. The van der Waals surface area contributed by atoms with Crippen LogP contribution in [-0.2, 0) is 11.3 Å². The summed E-state index contributed by atoms with van der Waals surface area (Å²) in [5, 5.41) is 0. The maximum Gasteiger partial charge on any atom is 0.411 e. The van der Waals surface area contributed by atoms with Gasteiger partial charge in [-0.25, -0.2) is 4.79 Å². The lowest BCUT2D eigenvalue weighted by Gasteiger charge is -2.45. The summed E-state index contributed by atoms with van der Waals surface area (Å²) in [6.45, 7) is 5.66. The molecule has 3 rings (SSSR count). The molecule has 1 amide bonds. The van der Waals surface area contributed by atoms with E-state index in [1.54, 1.807) is 0 Å². The molecule has 0 bridgehead atoms. The van der Waals surface area contributed by atoms with Crippen molar-refractivity contribution < 1.29 is 9.53 Å². The van der Waals surface area contributed by atoms with Gasteiger partial charge in [-0.1, -0.05) is 36.3 Å². The highest BCUT2D eigenvalue weighted by molar-refractivity contribution is 5.68. The number of likely N-dealkylation sites (tertiary alicyclic amines) is 1. The van der Waals surface area contributed by atoms with Gasteiger partial charge in [0.2, 0.25) is 0 Å². The van der Waals surface area contributed by atoms with Crippen LogP contribution in [0.15, 0.2) is 30.3 Å². The molecule has 2 aliphatic rings. The van der Waals surface area contributed by atoms with Gasteiger partial charge in [-0.15, -0.1) is 6.42 Å². The second kappa shape index (κ2) is 8.89. The van der Waals surface area contributed by atoms with Crippen LogP contribution in [0.3, 0.4) is 0 Å². The van der Waals surface area contributed by atoms with Crippen LogP contribution in [-0.4, -0.2) is 66.2 Å². The number of rotatable bonds is 4. The number of hydrogen-bond acceptors (Lipinski definition) is 4. The summed E-state index contributed by atoms with van der Waals surface area (Å²) in [6, 6.07) is 9.84. The molecule has 1 aromatic carbocycles. The summed E-state index contributed by atoms with van der Waals surface area (Å²) >= 11 is 0. The minimum absolute atomic E-state index is 0.157. The number of carbonyl (C=O) groups is 1. The molecule has 2 heterocycles. The van der Waals surface area contributed by atoms with E-state index >= 15 is 0 Å². The van der Waals surface area contributed by atoms with Crippen LogP contribution in [0.25, 0.3) is 0 Å². The van der Waals surface area contributed by atoms with Crippen LogP contribution in [0.4, 0.5) is 4.79 Å². The Hall–Kier alpha value is -2.03. The first-order chi connectivity index (χ1) is 12.3. The minimum atomic E-state index is -0.195. The van der Waals surface area contributed by atoms with E-state index in [-0.39, 0.29) is 12.3 Å². The molecular formula is C20H27N3O2. The Morgan fingerprint density at radius 1 is 1.12 bits per heavy atom. The van der Waals surface area contributed by atoms with Crippen LogP contribution in [0.2, 0.25) is 0 Å². The third-order valence-corrected chi connectivity index (χ3v) is 5.05. The number of amides is 1. The summed E-state index contributed by atoms with van der Waals surface area (Å²) in [5.41, 5.74) is 1.02. The van der Waals surface area contributed by atoms with Gasteiger partial charge in [0.25, 0.3) is 0 Å². The van der Waals surface area contributed by atoms with Crippen molar-refractivity contribution in [3.05, 3.63) is 35.9 Å². The Kier molecular flexibility index (Phi) is 6.32. The predicted molar refractivity (Wildman–Crippen MR) is 97.8 cm³/mol. The van der Waals surface area contributed by atoms with Crippen molar-refractivity contribution in [3.63, 3.8) is 0 Å². The highest BCUT2D eigenvalue weighted by Gasteiger charge is 2.33.